The Labute approximate surface area is 139 Å². The smallest absolute Gasteiger partial charge is 0.336 e. The molecule has 2 aromatic carbocycles. The average molecular weight is 325 g/mol. The monoisotopic (exact) mass is 325 g/mol. The summed E-state index contributed by atoms with van der Waals surface area (Å²) >= 11 is 0. The molecule has 3 aromatic rings. The highest BCUT2D eigenvalue weighted by molar-refractivity contribution is 5.81. The van der Waals surface area contributed by atoms with Crippen LogP contribution in [0.2, 0.25) is 0 Å². The number of benzene rings is 2. The van der Waals surface area contributed by atoms with Gasteiger partial charge in [-0.05, 0) is 29.8 Å². The average Bonchev–Trinajstić information content (AvgIpc) is 2.61. The normalized spacial score (nSPS) is 10.7. The summed E-state index contributed by atoms with van der Waals surface area (Å²) in [5.41, 5.74) is 1.05. The van der Waals surface area contributed by atoms with Crippen molar-refractivity contribution in [1.82, 2.24) is 5.32 Å². The predicted molar refractivity (Wildman–Crippen MR) is 92.7 cm³/mol. The van der Waals surface area contributed by atoms with Crippen LogP contribution in [0, 0.1) is 0 Å². The van der Waals surface area contributed by atoms with Crippen molar-refractivity contribution in [1.29, 1.82) is 0 Å². The van der Waals surface area contributed by atoms with Crippen LogP contribution in [-0.2, 0) is 6.54 Å². The Morgan fingerprint density at radius 2 is 1.88 bits per heavy atom. The van der Waals surface area contributed by atoms with Crippen LogP contribution in [0.3, 0.4) is 0 Å². The van der Waals surface area contributed by atoms with Crippen molar-refractivity contribution in [3.63, 3.8) is 0 Å². The second kappa shape index (κ2) is 7.66. The number of rotatable bonds is 7. The van der Waals surface area contributed by atoms with E-state index in [4.69, 9.17) is 13.9 Å². The highest BCUT2D eigenvalue weighted by Gasteiger charge is 2.06. The second-order valence-electron chi connectivity index (χ2n) is 5.29. The molecule has 0 aliphatic carbocycles. The molecule has 0 saturated carbocycles. The molecular weight excluding hydrogens is 306 g/mol. The molecule has 124 valence electrons. The topological polar surface area (TPSA) is 60.7 Å². The zero-order chi connectivity index (χ0) is 16.8. The quantitative estimate of drug-likeness (QED) is 0.534. The molecule has 0 aliphatic heterocycles. The van der Waals surface area contributed by atoms with Gasteiger partial charge in [0, 0.05) is 30.6 Å². The van der Waals surface area contributed by atoms with Gasteiger partial charge in [0.15, 0.2) is 0 Å². The van der Waals surface area contributed by atoms with Gasteiger partial charge in [0.25, 0.3) is 0 Å². The molecule has 0 atom stereocenters. The van der Waals surface area contributed by atoms with Crippen LogP contribution in [0.25, 0.3) is 11.0 Å². The molecule has 24 heavy (non-hydrogen) atoms. The third kappa shape index (κ3) is 3.94. The number of nitrogens with one attached hydrogen (secondary N) is 1. The molecule has 5 nitrogen and oxygen atoms in total. The highest BCUT2D eigenvalue weighted by Crippen LogP contribution is 2.22. The molecule has 0 aliphatic rings. The summed E-state index contributed by atoms with van der Waals surface area (Å²) in [7, 11) is 1.58. The first-order valence-electron chi connectivity index (χ1n) is 7.75. The summed E-state index contributed by atoms with van der Waals surface area (Å²) in [5.74, 6) is 1.50. The van der Waals surface area contributed by atoms with E-state index in [0.717, 1.165) is 16.7 Å². The lowest BCUT2D eigenvalue weighted by molar-refractivity contribution is 0.313. The molecular formula is C19H19NO4. The van der Waals surface area contributed by atoms with Gasteiger partial charge in [-0.2, -0.15) is 0 Å². The van der Waals surface area contributed by atoms with Crippen LogP contribution in [-0.4, -0.2) is 20.3 Å². The molecule has 0 spiro atoms. The SMILES string of the molecule is COc1ccc2c(CNCCOc3ccccc3)cc(=O)oc2c1. The minimum atomic E-state index is -0.368. The van der Waals surface area contributed by atoms with Gasteiger partial charge in [-0.25, -0.2) is 4.79 Å². The van der Waals surface area contributed by atoms with E-state index in [2.05, 4.69) is 5.32 Å². The fourth-order valence-corrected chi connectivity index (χ4v) is 2.46. The third-order valence-electron chi connectivity index (χ3n) is 3.64. The minimum Gasteiger partial charge on any atom is -0.497 e. The van der Waals surface area contributed by atoms with E-state index in [1.165, 1.54) is 6.07 Å². The maximum atomic E-state index is 11.7. The van der Waals surface area contributed by atoms with Crippen LogP contribution in [0.1, 0.15) is 5.56 Å². The van der Waals surface area contributed by atoms with Crippen LogP contribution in [0.15, 0.2) is 63.8 Å². The summed E-state index contributed by atoms with van der Waals surface area (Å²) in [6.45, 7) is 1.79. The first-order valence-corrected chi connectivity index (χ1v) is 7.75. The highest BCUT2D eigenvalue weighted by atomic mass is 16.5. The first kappa shape index (κ1) is 16.1. The Morgan fingerprint density at radius 1 is 1.04 bits per heavy atom. The van der Waals surface area contributed by atoms with E-state index in [1.54, 1.807) is 13.2 Å². The number of fused-ring (bicyclic) bond motifs is 1. The van der Waals surface area contributed by atoms with Crippen LogP contribution in [0.5, 0.6) is 11.5 Å². The minimum absolute atomic E-state index is 0.368. The number of methoxy groups -OCH3 is 1. The molecule has 0 amide bonds. The molecule has 0 saturated heterocycles. The van der Waals surface area contributed by atoms with Crippen LogP contribution in [0.4, 0.5) is 0 Å². The van der Waals surface area contributed by atoms with E-state index in [-0.39, 0.29) is 5.63 Å². The lowest BCUT2D eigenvalue weighted by Crippen LogP contribution is -2.21. The molecule has 1 N–H and O–H groups in total. The maximum absolute atomic E-state index is 11.7. The van der Waals surface area contributed by atoms with Crippen molar-refractivity contribution in [2.24, 2.45) is 0 Å². The number of hydrogen-bond acceptors (Lipinski definition) is 5. The lowest BCUT2D eigenvalue weighted by atomic mass is 10.1. The van der Waals surface area contributed by atoms with Gasteiger partial charge in [0.2, 0.25) is 0 Å². The molecule has 3 rings (SSSR count). The Balaban J connectivity index is 1.61. The molecule has 1 heterocycles. The number of ether oxygens (including phenoxy) is 2. The number of para-hydroxylation sites is 1. The Hall–Kier alpha value is -2.79. The largest absolute Gasteiger partial charge is 0.497 e. The first-order chi connectivity index (χ1) is 11.8. The standard InChI is InChI=1S/C19H19NO4/c1-22-16-7-8-17-14(11-19(21)24-18(17)12-16)13-20-9-10-23-15-5-3-2-4-6-15/h2-8,11-12,20H,9-10,13H2,1H3. The van der Waals surface area contributed by atoms with Crippen molar-refractivity contribution >= 4 is 11.0 Å². The van der Waals surface area contributed by atoms with E-state index in [9.17, 15) is 4.79 Å². The summed E-state index contributed by atoms with van der Waals surface area (Å²) in [4.78, 5) is 11.7. The van der Waals surface area contributed by atoms with Crippen molar-refractivity contribution in [3.8, 4) is 11.5 Å². The molecule has 0 radical (unpaired) electrons. The summed E-state index contributed by atoms with van der Waals surface area (Å²) < 4.78 is 16.0. The fourth-order valence-electron chi connectivity index (χ4n) is 2.46. The lowest BCUT2D eigenvalue weighted by Gasteiger charge is -2.09. The predicted octanol–water partition coefficient (Wildman–Crippen LogP) is 2.97. The van der Waals surface area contributed by atoms with Crippen molar-refractivity contribution in [2.75, 3.05) is 20.3 Å². The van der Waals surface area contributed by atoms with Crippen LogP contribution < -0.4 is 20.4 Å². The maximum Gasteiger partial charge on any atom is 0.336 e. The van der Waals surface area contributed by atoms with Crippen molar-refractivity contribution < 1.29 is 13.9 Å². The summed E-state index contributed by atoms with van der Waals surface area (Å²) in [5, 5.41) is 4.18. The van der Waals surface area contributed by atoms with Gasteiger partial charge in [-0.15, -0.1) is 0 Å². The fraction of sp³-hybridized carbons (Fsp3) is 0.211. The third-order valence-corrected chi connectivity index (χ3v) is 3.64. The Bertz CT molecular complexity index is 858. The Kier molecular flexibility index (Phi) is 5.13. The van der Waals surface area contributed by atoms with Crippen LogP contribution >= 0.6 is 0 Å². The molecule has 0 bridgehead atoms. The Morgan fingerprint density at radius 3 is 2.67 bits per heavy atom. The molecule has 0 unspecified atom stereocenters. The van der Waals surface area contributed by atoms with E-state index in [0.29, 0.717) is 31.0 Å². The van der Waals surface area contributed by atoms with E-state index < -0.39 is 0 Å². The van der Waals surface area contributed by atoms with Gasteiger partial charge >= 0.3 is 5.63 Å². The van der Waals surface area contributed by atoms with Gasteiger partial charge in [-0.1, -0.05) is 18.2 Å². The molecule has 1 aromatic heterocycles. The summed E-state index contributed by atoms with van der Waals surface area (Å²) in [6, 6.07) is 16.6. The van der Waals surface area contributed by atoms with Crippen molar-refractivity contribution in [2.45, 2.75) is 6.54 Å². The zero-order valence-corrected chi connectivity index (χ0v) is 13.5. The number of hydrogen-bond donors (Lipinski definition) is 1. The van der Waals surface area contributed by atoms with Gasteiger partial charge in [0.05, 0.1) is 7.11 Å². The van der Waals surface area contributed by atoms with Crippen molar-refractivity contribution in [3.05, 3.63) is 70.6 Å². The molecule has 5 heteroatoms. The van der Waals surface area contributed by atoms with E-state index >= 15 is 0 Å². The zero-order valence-electron chi connectivity index (χ0n) is 13.5. The summed E-state index contributed by atoms with van der Waals surface area (Å²) in [6.07, 6.45) is 0. The van der Waals surface area contributed by atoms with Gasteiger partial charge in [-0.3, -0.25) is 0 Å². The van der Waals surface area contributed by atoms with Gasteiger partial charge < -0.3 is 19.2 Å². The second-order valence-corrected chi connectivity index (χ2v) is 5.29. The van der Waals surface area contributed by atoms with E-state index in [1.807, 2.05) is 42.5 Å². The molecule has 0 fully saturated rings. The van der Waals surface area contributed by atoms with Gasteiger partial charge in [0.1, 0.15) is 23.7 Å².